The fourth-order valence-electron chi connectivity index (χ4n) is 1.14. The van der Waals surface area contributed by atoms with E-state index in [1.165, 1.54) is 6.20 Å². The van der Waals surface area contributed by atoms with E-state index >= 15 is 0 Å². The van der Waals surface area contributed by atoms with E-state index in [2.05, 4.69) is 9.72 Å². The average molecular weight is 248 g/mol. The number of aliphatic hydroxyl groups is 1. The van der Waals surface area contributed by atoms with Crippen LogP contribution in [0.1, 0.15) is 25.1 Å². The maximum absolute atomic E-state index is 13.3. The molecule has 0 radical (unpaired) electrons. The monoisotopic (exact) mass is 247 g/mol. The minimum absolute atomic E-state index is 0.129. The van der Waals surface area contributed by atoms with E-state index in [0.29, 0.717) is 0 Å². The second-order valence-electron chi connectivity index (χ2n) is 3.05. The number of rotatable bonds is 4. The molecule has 0 bridgehead atoms. The Morgan fingerprint density at radius 3 is 3.00 bits per heavy atom. The normalized spacial score (nSPS) is 12.2. The van der Waals surface area contributed by atoms with Gasteiger partial charge >= 0.3 is 5.97 Å². The number of aromatic nitrogens is 1. The van der Waals surface area contributed by atoms with Gasteiger partial charge in [0.2, 0.25) is 0 Å². The topological polar surface area (TPSA) is 59.4 Å². The van der Waals surface area contributed by atoms with Gasteiger partial charge in [-0.3, -0.25) is 9.78 Å². The zero-order valence-electron chi connectivity index (χ0n) is 8.61. The van der Waals surface area contributed by atoms with Crippen LogP contribution in [0.4, 0.5) is 4.39 Å². The van der Waals surface area contributed by atoms with Crippen molar-refractivity contribution in [3.63, 3.8) is 0 Å². The first-order chi connectivity index (χ1) is 7.54. The predicted octanol–water partition coefficient (Wildman–Crippen LogP) is 1.86. The van der Waals surface area contributed by atoms with Crippen LogP contribution < -0.4 is 0 Å². The highest BCUT2D eigenvalue weighted by molar-refractivity contribution is 6.30. The smallest absolute Gasteiger partial charge is 0.308 e. The summed E-state index contributed by atoms with van der Waals surface area (Å²) in [5.74, 6) is -1.35. The Hall–Kier alpha value is -1.20. The SMILES string of the molecule is CCOC(=O)CC(O)c1ncc(Cl)cc1F. The molecule has 1 heterocycles. The van der Waals surface area contributed by atoms with E-state index in [1.807, 2.05) is 0 Å². The first-order valence-corrected chi connectivity index (χ1v) is 5.07. The number of esters is 1. The molecule has 1 unspecified atom stereocenters. The summed E-state index contributed by atoms with van der Waals surface area (Å²) >= 11 is 5.50. The summed E-state index contributed by atoms with van der Waals surface area (Å²) in [6.45, 7) is 1.85. The van der Waals surface area contributed by atoms with Crippen LogP contribution in [0.5, 0.6) is 0 Å². The third kappa shape index (κ3) is 3.43. The largest absolute Gasteiger partial charge is 0.466 e. The van der Waals surface area contributed by atoms with Gasteiger partial charge in [-0.2, -0.15) is 0 Å². The van der Waals surface area contributed by atoms with Crippen molar-refractivity contribution in [2.45, 2.75) is 19.4 Å². The van der Waals surface area contributed by atoms with Gasteiger partial charge in [-0.25, -0.2) is 4.39 Å². The fourth-order valence-corrected chi connectivity index (χ4v) is 1.29. The van der Waals surface area contributed by atoms with Crippen LogP contribution in [0, 0.1) is 5.82 Å². The van der Waals surface area contributed by atoms with Crippen LogP contribution in [-0.4, -0.2) is 22.7 Å². The standard InChI is InChI=1S/C10H11ClFNO3/c1-2-16-9(15)4-8(14)10-7(12)3-6(11)5-13-10/h3,5,8,14H,2,4H2,1H3. The van der Waals surface area contributed by atoms with Crippen molar-refractivity contribution in [1.82, 2.24) is 4.98 Å². The van der Waals surface area contributed by atoms with Crippen molar-refractivity contribution >= 4 is 17.6 Å². The third-order valence-electron chi connectivity index (χ3n) is 1.82. The maximum atomic E-state index is 13.3. The van der Waals surface area contributed by atoms with Gasteiger partial charge in [-0.05, 0) is 13.0 Å². The minimum atomic E-state index is -1.32. The van der Waals surface area contributed by atoms with Gasteiger partial charge in [0, 0.05) is 6.20 Å². The van der Waals surface area contributed by atoms with Crippen LogP contribution in [0.3, 0.4) is 0 Å². The highest BCUT2D eigenvalue weighted by Crippen LogP contribution is 2.20. The zero-order chi connectivity index (χ0) is 12.1. The number of pyridine rings is 1. The Balaban J connectivity index is 2.72. The second kappa shape index (κ2) is 5.77. The Kier molecular flexibility index (Phi) is 4.64. The molecule has 16 heavy (non-hydrogen) atoms. The molecule has 1 aromatic heterocycles. The molecule has 0 amide bonds. The Morgan fingerprint density at radius 1 is 1.75 bits per heavy atom. The van der Waals surface area contributed by atoms with Crippen molar-refractivity contribution < 1.29 is 19.0 Å². The van der Waals surface area contributed by atoms with Gasteiger partial charge in [0.15, 0.2) is 0 Å². The van der Waals surface area contributed by atoms with E-state index in [4.69, 9.17) is 11.6 Å². The number of aliphatic hydroxyl groups excluding tert-OH is 1. The molecular formula is C10H11ClFNO3. The van der Waals surface area contributed by atoms with Gasteiger partial charge in [0.1, 0.15) is 17.6 Å². The third-order valence-corrected chi connectivity index (χ3v) is 2.02. The molecule has 0 saturated carbocycles. The lowest BCUT2D eigenvalue weighted by atomic mass is 10.1. The molecule has 0 aliphatic carbocycles. The number of carbonyl (C=O) groups excluding carboxylic acids is 1. The minimum Gasteiger partial charge on any atom is -0.466 e. The van der Waals surface area contributed by atoms with Crippen LogP contribution in [0.2, 0.25) is 5.02 Å². The molecule has 0 fully saturated rings. The summed E-state index contributed by atoms with van der Waals surface area (Å²) < 4.78 is 17.9. The number of carbonyl (C=O) groups is 1. The molecule has 0 aliphatic rings. The quantitative estimate of drug-likeness (QED) is 0.825. The summed E-state index contributed by atoms with van der Waals surface area (Å²) in [6, 6.07) is 1.03. The summed E-state index contributed by atoms with van der Waals surface area (Å²) in [6.07, 6.45) is -0.454. The molecule has 4 nitrogen and oxygen atoms in total. The van der Waals surface area contributed by atoms with Gasteiger partial charge in [-0.15, -0.1) is 0 Å². The van der Waals surface area contributed by atoms with E-state index in [-0.39, 0.29) is 23.7 Å². The predicted molar refractivity (Wildman–Crippen MR) is 55.4 cm³/mol. The number of hydrogen-bond acceptors (Lipinski definition) is 4. The number of halogens is 2. The molecule has 1 rings (SSSR count). The molecule has 1 N–H and O–H groups in total. The molecule has 88 valence electrons. The van der Waals surface area contributed by atoms with Crippen molar-refractivity contribution in [1.29, 1.82) is 0 Å². The fraction of sp³-hybridized carbons (Fsp3) is 0.400. The Bertz CT molecular complexity index is 386. The van der Waals surface area contributed by atoms with Gasteiger partial charge in [0.25, 0.3) is 0 Å². The van der Waals surface area contributed by atoms with Crippen molar-refractivity contribution in [3.8, 4) is 0 Å². The first kappa shape index (κ1) is 12.9. The highest BCUT2D eigenvalue weighted by atomic mass is 35.5. The Morgan fingerprint density at radius 2 is 2.44 bits per heavy atom. The van der Waals surface area contributed by atoms with Gasteiger partial charge in [-0.1, -0.05) is 11.6 Å². The average Bonchev–Trinajstić information content (AvgIpc) is 2.17. The summed E-state index contributed by atoms with van der Waals surface area (Å²) in [4.78, 5) is 14.7. The van der Waals surface area contributed by atoms with Crippen LogP contribution in [0.25, 0.3) is 0 Å². The lowest BCUT2D eigenvalue weighted by Crippen LogP contribution is -2.12. The molecule has 0 spiro atoms. The van der Waals surface area contributed by atoms with Gasteiger partial charge in [0.05, 0.1) is 18.1 Å². The lowest BCUT2D eigenvalue weighted by Gasteiger charge is -2.10. The summed E-state index contributed by atoms with van der Waals surface area (Å²) in [5.41, 5.74) is -0.211. The first-order valence-electron chi connectivity index (χ1n) is 4.69. The van der Waals surface area contributed by atoms with E-state index < -0.39 is 17.9 Å². The molecule has 0 aromatic carbocycles. The second-order valence-corrected chi connectivity index (χ2v) is 3.48. The molecule has 1 atom stereocenters. The summed E-state index contributed by atoms with van der Waals surface area (Å²) in [5, 5.41) is 9.67. The van der Waals surface area contributed by atoms with Crippen LogP contribution >= 0.6 is 11.6 Å². The zero-order valence-corrected chi connectivity index (χ0v) is 9.37. The number of nitrogens with zero attached hydrogens (tertiary/aromatic N) is 1. The molecule has 0 saturated heterocycles. The Labute approximate surface area is 97.0 Å². The van der Waals surface area contributed by atoms with Gasteiger partial charge < -0.3 is 9.84 Å². The van der Waals surface area contributed by atoms with Crippen molar-refractivity contribution in [3.05, 3.63) is 28.8 Å². The molecular weight excluding hydrogens is 237 g/mol. The molecule has 1 aromatic rings. The van der Waals surface area contributed by atoms with Crippen molar-refractivity contribution in [2.24, 2.45) is 0 Å². The summed E-state index contributed by atoms with van der Waals surface area (Å²) in [7, 11) is 0. The molecule has 0 aliphatic heterocycles. The van der Waals surface area contributed by atoms with E-state index in [9.17, 15) is 14.3 Å². The molecule has 6 heteroatoms. The van der Waals surface area contributed by atoms with Crippen LogP contribution in [-0.2, 0) is 9.53 Å². The highest BCUT2D eigenvalue weighted by Gasteiger charge is 2.19. The lowest BCUT2D eigenvalue weighted by molar-refractivity contribution is -0.145. The number of hydrogen-bond donors (Lipinski definition) is 1. The van der Waals surface area contributed by atoms with Crippen LogP contribution in [0.15, 0.2) is 12.3 Å². The maximum Gasteiger partial charge on any atom is 0.308 e. The van der Waals surface area contributed by atoms with E-state index in [1.54, 1.807) is 6.92 Å². The van der Waals surface area contributed by atoms with E-state index in [0.717, 1.165) is 6.07 Å². The number of ether oxygens (including phenoxy) is 1. The van der Waals surface area contributed by atoms with Crippen molar-refractivity contribution in [2.75, 3.05) is 6.61 Å².